The van der Waals surface area contributed by atoms with Crippen molar-refractivity contribution in [3.8, 4) is 11.5 Å². The van der Waals surface area contributed by atoms with Gasteiger partial charge < -0.3 is 25.2 Å². The lowest BCUT2D eigenvalue weighted by molar-refractivity contribution is -0.150. The Morgan fingerprint density at radius 1 is 0.913 bits per heavy atom. The first kappa shape index (κ1) is 33.7. The number of carboxylic acids is 1. The number of carbonyl (C=O) groups is 3. The number of hydrogen-bond donors (Lipinski definition) is 3. The fourth-order valence-corrected chi connectivity index (χ4v) is 7.71. The Morgan fingerprint density at radius 2 is 1.57 bits per heavy atom. The zero-order chi connectivity index (χ0) is 33.9. The van der Waals surface area contributed by atoms with Gasteiger partial charge in [0.1, 0.15) is 16.5 Å². The quantitative estimate of drug-likeness (QED) is 0.233. The normalized spacial score (nSPS) is 28.9. The molecule has 3 N–H and O–H groups in total. The maximum absolute atomic E-state index is 15.0. The van der Waals surface area contributed by atoms with E-state index in [9.17, 15) is 47.7 Å². The number of hydrogen-bond acceptors (Lipinski definition) is 5. The van der Waals surface area contributed by atoms with Crippen LogP contribution in [0.15, 0.2) is 35.2 Å². The molecule has 0 aromatic heterocycles. The van der Waals surface area contributed by atoms with Gasteiger partial charge in [-0.2, -0.15) is 0 Å². The molecule has 1 unspecified atom stereocenters. The van der Waals surface area contributed by atoms with Gasteiger partial charge in [0.25, 0.3) is 5.91 Å². The second-order valence-electron chi connectivity index (χ2n) is 12.6. The number of nitrogens with one attached hydrogen (secondary N) is 2. The molecule has 0 heterocycles. The molecule has 3 aliphatic rings. The highest BCUT2D eigenvalue weighted by molar-refractivity contribution is 8.45. The molecule has 2 aromatic rings. The number of anilines is 1. The van der Waals surface area contributed by atoms with Crippen molar-refractivity contribution in [3.63, 3.8) is 0 Å². The van der Waals surface area contributed by atoms with Crippen molar-refractivity contribution < 1.29 is 57.2 Å². The predicted octanol–water partition coefficient (Wildman–Crippen LogP) is 7.83. The van der Waals surface area contributed by atoms with Crippen LogP contribution in [0.4, 0.5) is 33.9 Å². The highest BCUT2D eigenvalue weighted by atomic mass is 32.5. The lowest BCUT2D eigenvalue weighted by atomic mass is 9.75. The number of halogens is 7. The van der Waals surface area contributed by atoms with Crippen molar-refractivity contribution in [3.05, 3.63) is 47.5 Å². The van der Waals surface area contributed by atoms with Crippen molar-refractivity contribution >= 4 is 33.7 Å². The highest BCUT2D eigenvalue weighted by Crippen LogP contribution is 3.02. The maximum atomic E-state index is 15.0. The van der Waals surface area contributed by atoms with Gasteiger partial charge in [-0.1, -0.05) is 19.4 Å². The van der Waals surface area contributed by atoms with Gasteiger partial charge in [0, 0.05) is 17.8 Å². The highest BCUT2D eigenvalue weighted by Gasteiger charge is 2.67. The molecule has 0 aliphatic heterocycles. The molecule has 3 saturated carbocycles. The van der Waals surface area contributed by atoms with Crippen LogP contribution in [-0.2, 0) is 9.59 Å². The van der Waals surface area contributed by atoms with Gasteiger partial charge >= 0.3 is 16.2 Å². The van der Waals surface area contributed by atoms with Gasteiger partial charge in [-0.25, -0.2) is 8.78 Å². The van der Waals surface area contributed by atoms with E-state index in [0.29, 0.717) is 44.9 Å². The smallest absolute Gasteiger partial charge is 0.313 e. The topological polar surface area (TPSA) is 114 Å². The minimum absolute atomic E-state index is 0.119. The molecule has 254 valence electrons. The van der Waals surface area contributed by atoms with Crippen LogP contribution >= 0.6 is 10.2 Å². The van der Waals surface area contributed by atoms with Crippen LogP contribution in [0.25, 0.3) is 0 Å². The Kier molecular flexibility index (Phi) is 8.01. The number of fused-ring (bicyclic) bond motifs is 2. The molecule has 3 fully saturated rings. The van der Waals surface area contributed by atoms with Crippen molar-refractivity contribution in [2.45, 2.75) is 68.9 Å². The fourth-order valence-electron chi connectivity index (χ4n) is 6.92. The lowest BCUT2D eigenvalue weighted by Gasteiger charge is -2.40. The Labute approximate surface area is 259 Å². The van der Waals surface area contributed by atoms with E-state index in [-0.39, 0.29) is 41.0 Å². The molecular weight excluding hydrogens is 649 g/mol. The third kappa shape index (κ3) is 6.72. The number of carbonyl (C=O) groups excluding carboxylic acids is 2. The van der Waals surface area contributed by atoms with E-state index >= 15 is 0 Å². The Morgan fingerprint density at radius 3 is 2.17 bits per heavy atom. The Bertz CT molecular complexity index is 1580. The van der Waals surface area contributed by atoms with Gasteiger partial charge in [0.15, 0.2) is 11.6 Å². The first-order chi connectivity index (χ1) is 21.2. The molecule has 3 aliphatic carbocycles. The summed E-state index contributed by atoms with van der Waals surface area (Å²) in [7, 11) is -9.18. The summed E-state index contributed by atoms with van der Waals surface area (Å²) in [5, 5.41) is 14.4. The van der Waals surface area contributed by atoms with Gasteiger partial charge in [0.2, 0.25) is 5.91 Å². The first-order valence-corrected chi connectivity index (χ1v) is 16.6. The fraction of sp³-hybridized carbons (Fsp3) is 0.500. The number of amides is 2. The average molecular weight is 683 g/mol. The van der Waals surface area contributed by atoms with E-state index in [1.54, 1.807) is 6.92 Å². The van der Waals surface area contributed by atoms with Crippen LogP contribution in [0.3, 0.4) is 0 Å². The van der Waals surface area contributed by atoms with E-state index in [0.717, 1.165) is 18.2 Å². The zero-order valence-corrected chi connectivity index (χ0v) is 25.6. The van der Waals surface area contributed by atoms with Gasteiger partial charge in [-0.3, -0.25) is 14.4 Å². The average Bonchev–Trinajstić information content (AvgIpc) is 3.56. The second-order valence-corrected chi connectivity index (χ2v) is 15.0. The number of carboxylic acid groups (broad SMARTS) is 1. The van der Waals surface area contributed by atoms with Crippen LogP contribution < -0.4 is 20.1 Å². The third-order valence-corrected chi connectivity index (χ3v) is 10.6. The summed E-state index contributed by atoms with van der Waals surface area (Å²) in [5.41, 5.74) is -1.72. The molecule has 2 amide bonds. The van der Waals surface area contributed by atoms with Gasteiger partial charge in [-0.15, -0.1) is 0 Å². The van der Waals surface area contributed by atoms with E-state index in [1.807, 2.05) is 0 Å². The zero-order valence-electron chi connectivity index (χ0n) is 24.8. The number of benzene rings is 2. The monoisotopic (exact) mass is 682 g/mol. The molecule has 0 spiro atoms. The van der Waals surface area contributed by atoms with E-state index in [4.69, 9.17) is 9.47 Å². The summed E-state index contributed by atoms with van der Waals surface area (Å²) in [6.45, 7) is 1.63. The SMILES string of the molecule is COc1cc(F)c(OC2CCC(C)(C(=O)O)CC2)cc1C(=O)N[C@@H]1C(C(=O)Nc2ccc(F)c(S(F)(F)(F)(F)F)c2)[C@@H]2CC[C@H]1C2. The largest absolute Gasteiger partial charge is 0.496 e. The Balaban J connectivity index is 1.34. The summed E-state index contributed by atoms with van der Waals surface area (Å²) in [6.07, 6.45) is 2.53. The summed E-state index contributed by atoms with van der Waals surface area (Å²) in [5.74, 6) is -7.32. The summed E-state index contributed by atoms with van der Waals surface area (Å²) in [6, 6.07) is 2.09. The molecule has 16 heteroatoms. The molecule has 0 saturated heterocycles. The molecule has 46 heavy (non-hydrogen) atoms. The van der Waals surface area contributed by atoms with Gasteiger partial charge in [0.05, 0.1) is 30.1 Å². The van der Waals surface area contributed by atoms with Crippen molar-refractivity contribution in [1.29, 1.82) is 0 Å². The molecule has 8 nitrogen and oxygen atoms in total. The summed E-state index contributed by atoms with van der Waals surface area (Å²) < 4.78 is 107. The van der Waals surface area contributed by atoms with Crippen molar-refractivity contribution in [1.82, 2.24) is 5.32 Å². The Hall–Kier alpha value is -3.69. The first-order valence-electron chi connectivity index (χ1n) is 14.6. The number of methoxy groups -OCH3 is 1. The van der Waals surface area contributed by atoms with Crippen LogP contribution in [0.5, 0.6) is 11.5 Å². The minimum atomic E-state index is -10.4. The van der Waals surface area contributed by atoms with Crippen molar-refractivity contribution in [2.24, 2.45) is 23.2 Å². The second kappa shape index (κ2) is 10.9. The van der Waals surface area contributed by atoms with Crippen LogP contribution in [0, 0.1) is 34.8 Å². The lowest BCUT2D eigenvalue weighted by Crippen LogP contribution is -2.48. The standard InChI is InChI=1S/C30H33F7N2O6S/c1-30(29(42)43)9-7-18(8-10-30)45-23-13-19(22(44-2)14-21(23)32)27(40)39-26-16-4-3-15(11-16)25(26)28(41)38-17-5-6-20(31)24(12-17)46(33,34,35,36)37/h5-6,12-16,18,25-26H,3-4,7-11H2,1-2H3,(H,38,41)(H,39,40)(H,42,43)/t15-,16+,18?,25?,26+,30?/m1/s1. The maximum Gasteiger partial charge on any atom is 0.313 e. The van der Waals surface area contributed by atoms with Crippen LogP contribution in [-0.4, -0.2) is 42.1 Å². The predicted molar refractivity (Wildman–Crippen MR) is 154 cm³/mol. The third-order valence-electron chi connectivity index (χ3n) is 9.48. The van der Waals surface area contributed by atoms with Crippen LogP contribution in [0.1, 0.15) is 62.2 Å². The van der Waals surface area contributed by atoms with E-state index in [1.165, 1.54) is 7.11 Å². The minimum Gasteiger partial charge on any atom is -0.496 e. The molecular formula is C30H33F7N2O6S. The summed E-state index contributed by atoms with van der Waals surface area (Å²) >= 11 is 0. The molecule has 2 bridgehead atoms. The van der Waals surface area contributed by atoms with Gasteiger partial charge in [-0.05, 0) is 88.0 Å². The number of aliphatic carboxylic acids is 1. The molecule has 2 aromatic carbocycles. The number of ether oxygens (including phenoxy) is 2. The van der Waals surface area contributed by atoms with E-state index < -0.39 is 73.7 Å². The molecule has 4 atom stereocenters. The summed E-state index contributed by atoms with van der Waals surface area (Å²) in [4.78, 5) is 35.7. The molecule has 0 radical (unpaired) electrons. The van der Waals surface area contributed by atoms with E-state index in [2.05, 4.69) is 10.6 Å². The van der Waals surface area contributed by atoms with Crippen molar-refractivity contribution in [2.75, 3.05) is 12.4 Å². The number of rotatable bonds is 9. The van der Waals surface area contributed by atoms with Crippen LogP contribution in [0.2, 0.25) is 0 Å². The molecule has 5 rings (SSSR count).